The molecule has 0 aliphatic carbocycles. The highest BCUT2D eigenvalue weighted by atomic mass is 16.5. The molecule has 0 heterocycles. The number of benzene rings is 1. The van der Waals surface area contributed by atoms with E-state index >= 15 is 0 Å². The lowest BCUT2D eigenvalue weighted by molar-refractivity contribution is 0.0992. The number of nitrogens with two attached hydrogens (primary N) is 1. The van der Waals surface area contributed by atoms with Gasteiger partial charge in [0.25, 0.3) is 0 Å². The number of aliphatic hydroxyl groups excluding tert-OH is 1. The van der Waals surface area contributed by atoms with Crippen LogP contribution >= 0.6 is 0 Å². The van der Waals surface area contributed by atoms with Crippen LogP contribution in [0.25, 0.3) is 0 Å². The van der Waals surface area contributed by atoms with Gasteiger partial charge in [0.15, 0.2) is 0 Å². The molecule has 4 N–H and O–H groups in total. The maximum Gasteiger partial charge on any atom is 0.137 e. The SMILES string of the molecule is CC(C)(CN)NC[C@@H](O)COc1ccccc1C#N. The zero-order valence-electron chi connectivity index (χ0n) is 11.4. The van der Waals surface area contributed by atoms with E-state index in [1.165, 1.54) is 0 Å². The molecule has 5 nitrogen and oxygen atoms in total. The lowest BCUT2D eigenvalue weighted by Crippen LogP contribution is -2.49. The first-order valence-electron chi connectivity index (χ1n) is 6.23. The van der Waals surface area contributed by atoms with Crippen LogP contribution < -0.4 is 15.8 Å². The van der Waals surface area contributed by atoms with Gasteiger partial charge in [-0.1, -0.05) is 12.1 Å². The van der Waals surface area contributed by atoms with Crippen molar-refractivity contribution >= 4 is 0 Å². The fourth-order valence-electron chi connectivity index (χ4n) is 1.40. The van der Waals surface area contributed by atoms with Crippen LogP contribution in [0.1, 0.15) is 19.4 Å². The molecule has 0 radical (unpaired) electrons. The van der Waals surface area contributed by atoms with E-state index in [0.717, 1.165) is 0 Å². The van der Waals surface area contributed by atoms with Crippen molar-refractivity contribution in [2.24, 2.45) is 5.73 Å². The van der Waals surface area contributed by atoms with Crippen LogP contribution in [0.4, 0.5) is 0 Å². The normalized spacial score (nSPS) is 12.8. The minimum Gasteiger partial charge on any atom is -0.489 e. The van der Waals surface area contributed by atoms with Gasteiger partial charge < -0.3 is 20.9 Å². The van der Waals surface area contributed by atoms with Crippen molar-refractivity contribution in [3.63, 3.8) is 0 Å². The van der Waals surface area contributed by atoms with E-state index in [9.17, 15) is 5.11 Å². The zero-order valence-corrected chi connectivity index (χ0v) is 11.4. The second kappa shape index (κ2) is 7.10. The summed E-state index contributed by atoms with van der Waals surface area (Å²) in [5, 5.41) is 21.9. The van der Waals surface area contributed by atoms with Crippen molar-refractivity contribution in [3.05, 3.63) is 29.8 Å². The average Bonchev–Trinajstić information content (AvgIpc) is 2.43. The molecular formula is C14H21N3O2. The quantitative estimate of drug-likeness (QED) is 0.671. The number of nitriles is 1. The summed E-state index contributed by atoms with van der Waals surface area (Å²) in [5.41, 5.74) is 5.83. The Balaban J connectivity index is 2.42. The molecule has 1 atom stereocenters. The van der Waals surface area contributed by atoms with Gasteiger partial charge >= 0.3 is 0 Å². The predicted octanol–water partition coefficient (Wildman–Crippen LogP) is 0.625. The number of nitrogens with one attached hydrogen (secondary N) is 1. The third-order valence-electron chi connectivity index (χ3n) is 2.77. The molecule has 104 valence electrons. The number of para-hydroxylation sites is 1. The molecule has 0 spiro atoms. The third-order valence-corrected chi connectivity index (χ3v) is 2.77. The van der Waals surface area contributed by atoms with E-state index in [2.05, 4.69) is 5.32 Å². The molecule has 1 aromatic rings. The number of β-amino-alcohol motifs (C(OH)–C–C–N with tert-alkyl or cyclic N) is 1. The topological polar surface area (TPSA) is 91.3 Å². The van der Waals surface area contributed by atoms with E-state index in [4.69, 9.17) is 15.7 Å². The molecule has 0 aliphatic rings. The molecular weight excluding hydrogens is 242 g/mol. The van der Waals surface area contributed by atoms with Crippen LogP contribution in [-0.4, -0.2) is 36.4 Å². The molecule has 0 fully saturated rings. The second-order valence-electron chi connectivity index (χ2n) is 5.04. The van der Waals surface area contributed by atoms with Gasteiger partial charge in [-0.3, -0.25) is 0 Å². The van der Waals surface area contributed by atoms with Gasteiger partial charge in [0.05, 0.1) is 5.56 Å². The van der Waals surface area contributed by atoms with E-state index in [1.807, 2.05) is 19.9 Å². The van der Waals surface area contributed by atoms with Crippen molar-refractivity contribution in [3.8, 4) is 11.8 Å². The van der Waals surface area contributed by atoms with E-state index in [-0.39, 0.29) is 12.1 Å². The lowest BCUT2D eigenvalue weighted by atomic mass is 10.1. The van der Waals surface area contributed by atoms with Gasteiger partial charge in [-0.25, -0.2) is 0 Å². The maximum atomic E-state index is 9.82. The van der Waals surface area contributed by atoms with Crippen LogP contribution in [-0.2, 0) is 0 Å². The third kappa shape index (κ3) is 5.26. The van der Waals surface area contributed by atoms with E-state index in [0.29, 0.717) is 24.4 Å². The number of aliphatic hydroxyl groups is 1. The van der Waals surface area contributed by atoms with Gasteiger partial charge in [-0.15, -0.1) is 0 Å². The van der Waals surface area contributed by atoms with Crippen molar-refractivity contribution < 1.29 is 9.84 Å². The van der Waals surface area contributed by atoms with Crippen molar-refractivity contribution in [2.75, 3.05) is 19.7 Å². The zero-order chi connectivity index (χ0) is 14.3. The van der Waals surface area contributed by atoms with E-state index < -0.39 is 6.10 Å². The van der Waals surface area contributed by atoms with Crippen molar-refractivity contribution in [1.82, 2.24) is 5.32 Å². The van der Waals surface area contributed by atoms with Crippen molar-refractivity contribution in [2.45, 2.75) is 25.5 Å². The Kier molecular flexibility index (Phi) is 5.77. The molecule has 0 saturated heterocycles. The largest absolute Gasteiger partial charge is 0.489 e. The Morgan fingerprint density at radius 3 is 2.79 bits per heavy atom. The standard InChI is InChI=1S/C14H21N3O2/c1-14(2,10-16)17-8-12(18)9-19-13-6-4-3-5-11(13)7-15/h3-6,12,17-18H,8-10,16H2,1-2H3/t12-/m1/s1. The first kappa shape index (κ1) is 15.4. The monoisotopic (exact) mass is 263 g/mol. The highest BCUT2D eigenvalue weighted by molar-refractivity contribution is 5.42. The number of rotatable bonds is 7. The summed E-state index contributed by atoms with van der Waals surface area (Å²) < 4.78 is 5.44. The van der Waals surface area contributed by atoms with Gasteiger partial charge in [0.1, 0.15) is 24.5 Å². The van der Waals surface area contributed by atoms with E-state index in [1.54, 1.807) is 24.3 Å². The molecule has 0 saturated carbocycles. The minimum atomic E-state index is -0.655. The van der Waals surface area contributed by atoms with Gasteiger partial charge in [0, 0.05) is 18.6 Å². The molecule has 1 aromatic carbocycles. The number of nitrogens with zero attached hydrogens (tertiary/aromatic N) is 1. The first-order valence-corrected chi connectivity index (χ1v) is 6.23. The minimum absolute atomic E-state index is 0.131. The molecule has 0 unspecified atom stereocenters. The molecule has 0 bridgehead atoms. The first-order chi connectivity index (χ1) is 8.98. The molecule has 0 aromatic heterocycles. The average molecular weight is 263 g/mol. The molecule has 0 amide bonds. The summed E-state index contributed by atoms with van der Waals surface area (Å²) in [6, 6.07) is 9.00. The summed E-state index contributed by atoms with van der Waals surface area (Å²) in [7, 11) is 0. The number of hydrogen-bond donors (Lipinski definition) is 3. The maximum absolute atomic E-state index is 9.82. The predicted molar refractivity (Wildman–Crippen MR) is 73.8 cm³/mol. The summed E-state index contributed by atoms with van der Waals surface area (Å²) in [6.45, 7) is 4.93. The number of ether oxygens (including phenoxy) is 1. The van der Waals surface area contributed by atoms with Crippen LogP contribution in [0.5, 0.6) is 5.75 Å². The van der Waals surface area contributed by atoms with Crippen LogP contribution in [0.3, 0.4) is 0 Å². The van der Waals surface area contributed by atoms with Gasteiger partial charge in [-0.05, 0) is 26.0 Å². The smallest absolute Gasteiger partial charge is 0.137 e. The fraction of sp³-hybridized carbons (Fsp3) is 0.500. The van der Waals surface area contributed by atoms with Crippen molar-refractivity contribution in [1.29, 1.82) is 5.26 Å². The Morgan fingerprint density at radius 1 is 1.47 bits per heavy atom. The summed E-state index contributed by atoms with van der Waals surface area (Å²) >= 11 is 0. The second-order valence-corrected chi connectivity index (χ2v) is 5.04. The Bertz CT molecular complexity index is 441. The Morgan fingerprint density at radius 2 is 2.16 bits per heavy atom. The van der Waals surface area contributed by atoms with Crippen LogP contribution in [0.15, 0.2) is 24.3 Å². The highest BCUT2D eigenvalue weighted by Gasteiger charge is 2.16. The molecule has 5 heteroatoms. The fourth-order valence-corrected chi connectivity index (χ4v) is 1.40. The number of hydrogen-bond acceptors (Lipinski definition) is 5. The lowest BCUT2D eigenvalue weighted by Gasteiger charge is -2.26. The molecule has 0 aliphatic heterocycles. The van der Waals surface area contributed by atoms with Crippen LogP contribution in [0, 0.1) is 11.3 Å². The summed E-state index contributed by atoms with van der Waals surface area (Å²) in [4.78, 5) is 0. The highest BCUT2D eigenvalue weighted by Crippen LogP contribution is 2.16. The molecule has 1 rings (SSSR count). The Hall–Kier alpha value is -1.61. The summed E-state index contributed by atoms with van der Waals surface area (Å²) in [6.07, 6.45) is -0.655. The van der Waals surface area contributed by atoms with Gasteiger partial charge in [-0.2, -0.15) is 5.26 Å². The molecule has 19 heavy (non-hydrogen) atoms. The Labute approximate surface area is 114 Å². The van der Waals surface area contributed by atoms with Crippen LogP contribution in [0.2, 0.25) is 0 Å². The summed E-state index contributed by atoms with van der Waals surface area (Å²) in [5.74, 6) is 0.488. The van der Waals surface area contributed by atoms with Gasteiger partial charge in [0.2, 0.25) is 0 Å².